The first-order chi connectivity index (χ1) is 12.1. The molecule has 2 aromatic heterocycles. The SMILES string of the molecule is Cc1oc(-c2cnn(C)c2)nc1C(=O)N1CCC(NCC2CC2)CC1.Cl. The highest BCUT2D eigenvalue weighted by Gasteiger charge is 2.29. The van der Waals surface area contributed by atoms with Gasteiger partial charge in [-0.1, -0.05) is 0 Å². The second kappa shape index (κ2) is 7.80. The van der Waals surface area contributed by atoms with Gasteiger partial charge in [0.2, 0.25) is 5.89 Å². The molecule has 0 radical (unpaired) electrons. The summed E-state index contributed by atoms with van der Waals surface area (Å²) in [5.74, 6) is 1.88. The molecule has 0 atom stereocenters. The molecule has 2 aromatic rings. The van der Waals surface area contributed by atoms with Gasteiger partial charge in [-0.3, -0.25) is 9.48 Å². The number of hydrogen-bond donors (Lipinski definition) is 1. The number of halogens is 1. The van der Waals surface area contributed by atoms with E-state index in [2.05, 4.69) is 15.4 Å². The van der Waals surface area contributed by atoms with Gasteiger partial charge >= 0.3 is 0 Å². The van der Waals surface area contributed by atoms with Crippen LogP contribution in [0.3, 0.4) is 0 Å². The molecule has 142 valence electrons. The Morgan fingerprint density at radius 1 is 1.31 bits per heavy atom. The van der Waals surface area contributed by atoms with Crippen molar-refractivity contribution in [1.82, 2.24) is 25.0 Å². The van der Waals surface area contributed by atoms with Crippen molar-refractivity contribution in [3.63, 3.8) is 0 Å². The van der Waals surface area contributed by atoms with Gasteiger partial charge in [-0.15, -0.1) is 12.4 Å². The maximum absolute atomic E-state index is 12.8. The monoisotopic (exact) mass is 379 g/mol. The van der Waals surface area contributed by atoms with E-state index in [-0.39, 0.29) is 18.3 Å². The number of hydrogen-bond acceptors (Lipinski definition) is 5. The number of aryl methyl sites for hydroxylation is 2. The Kier molecular flexibility index (Phi) is 5.67. The van der Waals surface area contributed by atoms with Crippen LogP contribution >= 0.6 is 12.4 Å². The second-order valence-corrected chi connectivity index (χ2v) is 7.24. The minimum absolute atomic E-state index is 0. The molecule has 4 rings (SSSR count). The number of likely N-dealkylation sites (tertiary alicyclic amines) is 1. The van der Waals surface area contributed by atoms with Gasteiger partial charge in [-0.2, -0.15) is 5.10 Å². The van der Waals surface area contributed by atoms with Crippen molar-refractivity contribution >= 4 is 18.3 Å². The molecule has 1 N–H and O–H groups in total. The number of oxazole rings is 1. The zero-order valence-electron chi connectivity index (χ0n) is 15.3. The normalized spacial score (nSPS) is 18.0. The van der Waals surface area contributed by atoms with E-state index in [1.54, 1.807) is 17.8 Å². The minimum Gasteiger partial charge on any atom is -0.440 e. The Bertz CT molecular complexity index is 759. The van der Waals surface area contributed by atoms with E-state index in [9.17, 15) is 4.79 Å². The molecule has 1 amide bonds. The number of nitrogens with zero attached hydrogens (tertiary/aromatic N) is 4. The average molecular weight is 380 g/mol. The highest BCUT2D eigenvalue weighted by Crippen LogP contribution is 2.28. The number of nitrogens with one attached hydrogen (secondary N) is 1. The number of amides is 1. The molecule has 1 aliphatic carbocycles. The summed E-state index contributed by atoms with van der Waals surface area (Å²) in [5, 5.41) is 7.76. The second-order valence-electron chi connectivity index (χ2n) is 7.24. The van der Waals surface area contributed by atoms with Gasteiger partial charge in [-0.25, -0.2) is 4.98 Å². The Morgan fingerprint density at radius 2 is 2.04 bits per heavy atom. The third kappa shape index (κ3) is 4.10. The molecule has 1 saturated heterocycles. The van der Waals surface area contributed by atoms with E-state index < -0.39 is 0 Å². The van der Waals surface area contributed by atoms with Crippen LogP contribution in [0.1, 0.15) is 41.9 Å². The Hall–Kier alpha value is -1.86. The standard InChI is InChI=1S/C18H25N5O2.ClH/c1-12-16(21-17(25-12)14-10-20-22(2)11-14)18(24)23-7-5-15(6-8-23)19-9-13-3-4-13;/h10-11,13,15,19H,3-9H2,1-2H3;1H. The lowest BCUT2D eigenvalue weighted by Gasteiger charge is -2.32. The zero-order chi connectivity index (χ0) is 17.4. The molecule has 7 nitrogen and oxygen atoms in total. The van der Waals surface area contributed by atoms with Gasteiger partial charge < -0.3 is 14.6 Å². The van der Waals surface area contributed by atoms with Crippen LogP contribution < -0.4 is 5.32 Å². The molecule has 0 unspecified atom stereocenters. The van der Waals surface area contributed by atoms with Crippen LogP contribution in [-0.4, -0.2) is 51.2 Å². The average Bonchev–Trinajstić information content (AvgIpc) is 3.22. The molecule has 2 aliphatic rings. The lowest BCUT2D eigenvalue weighted by molar-refractivity contribution is 0.0698. The maximum Gasteiger partial charge on any atom is 0.276 e. The molecule has 3 heterocycles. The molecule has 0 spiro atoms. The van der Waals surface area contributed by atoms with Crippen molar-refractivity contribution in [2.75, 3.05) is 19.6 Å². The Morgan fingerprint density at radius 3 is 2.65 bits per heavy atom. The molecule has 8 heteroatoms. The van der Waals surface area contributed by atoms with Crippen LogP contribution in [0.2, 0.25) is 0 Å². The van der Waals surface area contributed by atoms with Crippen LogP contribution in [-0.2, 0) is 7.05 Å². The van der Waals surface area contributed by atoms with E-state index in [4.69, 9.17) is 4.42 Å². The Labute approximate surface area is 159 Å². The van der Waals surface area contributed by atoms with Gasteiger partial charge in [-0.05, 0) is 45.1 Å². The van der Waals surface area contributed by atoms with Crippen molar-refractivity contribution in [2.24, 2.45) is 13.0 Å². The maximum atomic E-state index is 12.8. The summed E-state index contributed by atoms with van der Waals surface area (Å²) in [6.45, 7) is 4.48. The fourth-order valence-electron chi connectivity index (χ4n) is 3.34. The number of rotatable bonds is 5. The predicted octanol–water partition coefficient (Wildman–Crippen LogP) is 2.41. The molecular formula is C18H26ClN5O2. The molecule has 2 fully saturated rings. The number of piperidine rings is 1. The third-order valence-electron chi connectivity index (χ3n) is 5.13. The van der Waals surface area contributed by atoms with Crippen LogP contribution in [0, 0.1) is 12.8 Å². The fourth-order valence-corrected chi connectivity index (χ4v) is 3.34. The number of aromatic nitrogens is 3. The van der Waals surface area contributed by atoms with E-state index in [0.717, 1.165) is 44.0 Å². The van der Waals surface area contributed by atoms with Crippen LogP contribution in [0.15, 0.2) is 16.8 Å². The van der Waals surface area contributed by atoms with Crippen molar-refractivity contribution < 1.29 is 9.21 Å². The van der Waals surface area contributed by atoms with E-state index >= 15 is 0 Å². The molecule has 0 aromatic carbocycles. The summed E-state index contributed by atoms with van der Waals surface area (Å²) in [6.07, 6.45) is 8.27. The van der Waals surface area contributed by atoms with Gasteiger partial charge in [0.05, 0.1) is 11.8 Å². The molecule has 1 saturated carbocycles. The summed E-state index contributed by atoms with van der Waals surface area (Å²) in [4.78, 5) is 19.1. The molecule has 0 bridgehead atoms. The van der Waals surface area contributed by atoms with Crippen molar-refractivity contribution in [2.45, 2.75) is 38.6 Å². The highest BCUT2D eigenvalue weighted by molar-refractivity contribution is 5.93. The lowest BCUT2D eigenvalue weighted by Crippen LogP contribution is -2.45. The minimum atomic E-state index is -0.0305. The van der Waals surface area contributed by atoms with Crippen LogP contribution in [0.4, 0.5) is 0 Å². The number of carbonyl (C=O) groups excluding carboxylic acids is 1. The summed E-state index contributed by atoms with van der Waals surface area (Å²) in [5.41, 5.74) is 1.20. The largest absolute Gasteiger partial charge is 0.440 e. The first kappa shape index (κ1) is 18.9. The summed E-state index contributed by atoms with van der Waals surface area (Å²) in [7, 11) is 1.84. The van der Waals surface area contributed by atoms with Gasteiger partial charge in [0.1, 0.15) is 5.76 Å². The quantitative estimate of drug-likeness (QED) is 0.863. The highest BCUT2D eigenvalue weighted by atomic mass is 35.5. The zero-order valence-corrected chi connectivity index (χ0v) is 16.1. The first-order valence-corrected chi connectivity index (χ1v) is 9.09. The molecule has 26 heavy (non-hydrogen) atoms. The smallest absolute Gasteiger partial charge is 0.276 e. The van der Waals surface area contributed by atoms with Crippen molar-refractivity contribution in [3.8, 4) is 11.5 Å². The molecular weight excluding hydrogens is 354 g/mol. The van der Waals surface area contributed by atoms with Crippen molar-refractivity contribution in [3.05, 3.63) is 23.8 Å². The van der Waals surface area contributed by atoms with E-state index in [0.29, 0.717) is 23.4 Å². The summed E-state index contributed by atoms with van der Waals surface area (Å²) < 4.78 is 7.38. The molecule has 1 aliphatic heterocycles. The lowest BCUT2D eigenvalue weighted by atomic mass is 10.0. The summed E-state index contributed by atoms with van der Waals surface area (Å²) in [6, 6.07) is 0.536. The fraction of sp³-hybridized carbons (Fsp3) is 0.611. The summed E-state index contributed by atoms with van der Waals surface area (Å²) >= 11 is 0. The van der Waals surface area contributed by atoms with E-state index in [1.165, 1.54) is 12.8 Å². The van der Waals surface area contributed by atoms with Crippen LogP contribution in [0.25, 0.3) is 11.5 Å². The van der Waals surface area contributed by atoms with Gasteiger partial charge in [0.15, 0.2) is 5.69 Å². The van der Waals surface area contributed by atoms with Crippen LogP contribution in [0.5, 0.6) is 0 Å². The van der Waals surface area contributed by atoms with Crippen molar-refractivity contribution in [1.29, 1.82) is 0 Å². The topological polar surface area (TPSA) is 76.2 Å². The first-order valence-electron chi connectivity index (χ1n) is 9.09. The third-order valence-corrected chi connectivity index (χ3v) is 5.13. The van der Waals surface area contributed by atoms with Gasteiger partial charge in [0, 0.05) is 32.4 Å². The number of carbonyl (C=O) groups is 1. The van der Waals surface area contributed by atoms with Gasteiger partial charge in [0.25, 0.3) is 5.91 Å². The van der Waals surface area contributed by atoms with E-state index in [1.807, 2.05) is 18.1 Å². The predicted molar refractivity (Wildman–Crippen MR) is 100 cm³/mol. The Balaban J connectivity index is 0.00000196.